The van der Waals surface area contributed by atoms with Crippen molar-refractivity contribution in [2.24, 2.45) is 5.84 Å². The highest BCUT2D eigenvalue weighted by atomic mass is 19.1. The zero-order chi connectivity index (χ0) is 13.2. The third kappa shape index (κ3) is 2.09. The summed E-state index contributed by atoms with van der Waals surface area (Å²) in [6, 6.07) is 14.2. The molecule has 0 saturated heterocycles. The Hall–Kier alpha value is -1.91. The molecule has 0 amide bonds. The maximum absolute atomic E-state index is 13.9. The first-order valence-electron chi connectivity index (χ1n) is 6.23. The van der Waals surface area contributed by atoms with Crippen LogP contribution in [0.4, 0.5) is 4.39 Å². The van der Waals surface area contributed by atoms with Crippen molar-refractivity contribution in [2.75, 3.05) is 6.61 Å². The van der Waals surface area contributed by atoms with E-state index in [1.165, 1.54) is 6.07 Å². The predicted octanol–water partition coefficient (Wildman–Crippen LogP) is 2.51. The minimum absolute atomic E-state index is 0.0121. The van der Waals surface area contributed by atoms with E-state index in [2.05, 4.69) is 5.43 Å². The van der Waals surface area contributed by atoms with Crippen LogP contribution in [0.2, 0.25) is 0 Å². The molecule has 0 spiro atoms. The molecule has 0 fully saturated rings. The fraction of sp³-hybridized carbons (Fsp3) is 0.200. The molecule has 98 valence electrons. The average molecular weight is 258 g/mol. The Morgan fingerprint density at radius 1 is 1.16 bits per heavy atom. The van der Waals surface area contributed by atoms with Gasteiger partial charge in [0.15, 0.2) is 0 Å². The number of nitrogens with one attached hydrogen (secondary N) is 1. The summed E-state index contributed by atoms with van der Waals surface area (Å²) in [5.74, 6) is 6.25. The summed E-state index contributed by atoms with van der Waals surface area (Å²) < 4.78 is 19.6. The molecule has 3 N–H and O–H groups in total. The molecule has 3 rings (SSSR count). The lowest BCUT2D eigenvalue weighted by Crippen LogP contribution is -2.33. The summed E-state index contributed by atoms with van der Waals surface area (Å²) in [7, 11) is 0. The van der Waals surface area contributed by atoms with Crippen molar-refractivity contribution < 1.29 is 9.13 Å². The summed E-state index contributed by atoms with van der Waals surface area (Å²) >= 11 is 0. The number of benzene rings is 2. The van der Waals surface area contributed by atoms with Crippen LogP contribution in [0.1, 0.15) is 23.1 Å². The van der Waals surface area contributed by atoms with E-state index in [1.54, 1.807) is 12.1 Å². The number of hydrogen-bond acceptors (Lipinski definition) is 3. The van der Waals surface area contributed by atoms with E-state index in [-0.39, 0.29) is 17.8 Å². The minimum atomic E-state index is -0.301. The summed E-state index contributed by atoms with van der Waals surface area (Å²) in [4.78, 5) is 0. The third-order valence-electron chi connectivity index (χ3n) is 3.56. The van der Waals surface area contributed by atoms with Crippen LogP contribution in [0.15, 0.2) is 48.5 Å². The smallest absolute Gasteiger partial charge is 0.128 e. The number of ether oxygens (including phenoxy) is 1. The van der Waals surface area contributed by atoms with Gasteiger partial charge in [-0.25, -0.2) is 4.39 Å². The monoisotopic (exact) mass is 258 g/mol. The Labute approximate surface area is 111 Å². The summed E-state index contributed by atoms with van der Waals surface area (Å²) in [5.41, 5.74) is 4.35. The predicted molar refractivity (Wildman–Crippen MR) is 71.1 cm³/mol. The van der Waals surface area contributed by atoms with Crippen LogP contribution in [0.5, 0.6) is 5.75 Å². The van der Waals surface area contributed by atoms with Gasteiger partial charge in [0.2, 0.25) is 0 Å². The topological polar surface area (TPSA) is 47.3 Å². The van der Waals surface area contributed by atoms with Crippen molar-refractivity contribution in [3.63, 3.8) is 0 Å². The van der Waals surface area contributed by atoms with Gasteiger partial charge < -0.3 is 4.74 Å². The molecule has 1 aliphatic rings. The molecule has 0 saturated carbocycles. The van der Waals surface area contributed by atoms with E-state index in [1.807, 2.05) is 30.3 Å². The fourth-order valence-corrected chi connectivity index (χ4v) is 2.61. The van der Waals surface area contributed by atoms with Gasteiger partial charge in [0.05, 0.1) is 12.6 Å². The lowest BCUT2D eigenvalue weighted by Gasteiger charge is -2.22. The van der Waals surface area contributed by atoms with Crippen molar-refractivity contribution >= 4 is 0 Å². The van der Waals surface area contributed by atoms with Gasteiger partial charge in [-0.2, -0.15) is 0 Å². The van der Waals surface area contributed by atoms with E-state index in [4.69, 9.17) is 10.6 Å². The van der Waals surface area contributed by atoms with Crippen molar-refractivity contribution in [1.82, 2.24) is 5.43 Å². The average Bonchev–Trinajstić information content (AvgIpc) is 2.86. The molecule has 2 atom stereocenters. The molecular weight excluding hydrogens is 243 g/mol. The number of hydrazine groups is 1. The van der Waals surface area contributed by atoms with Gasteiger partial charge in [0.1, 0.15) is 11.6 Å². The molecule has 0 aliphatic carbocycles. The number of fused-ring (bicyclic) bond motifs is 1. The minimum Gasteiger partial charge on any atom is -0.493 e. The van der Waals surface area contributed by atoms with Crippen molar-refractivity contribution in [1.29, 1.82) is 0 Å². The van der Waals surface area contributed by atoms with Crippen molar-refractivity contribution in [3.05, 3.63) is 65.5 Å². The zero-order valence-electron chi connectivity index (χ0n) is 10.3. The SMILES string of the molecule is NNC(c1ccccc1F)C1COc2ccccc21. The fourth-order valence-electron chi connectivity index (χ4n) is 2.61. The molecule has 19 heavy (non-hydrogen) atoms. The van der Waals surface area contributed by atoms with Crippen LogP contribution in [-0.2, 0) is 0 Å². The largest absolute Gasteiger partial charge is 0.493 e. The molecule has 1 heterocycles. The zero-order valence-corrected chi connectivity index (χ0v) is 10.3. The molecule has 0 aromatic heterocycles. The summed E-state index contributed by atoms with van der Waals surface area (Å²) in [6.07, 6.45) is 0. The third-order valence-corrected chi connectivity index (χ3v) is 3.56. The normalized spacial score (nSPS) is 18.7. The molecule has 0 radical (unpaired) electrons. The second kappa shape index (κ2) is 4.99. The molecule has 3 nitrogen and oxygen atoms in total. The molecule has 2 aromatic rings. The van der Waals surface area contributed by atoms with Crippen LogP contribution < -0.4 is 16.0 Å². The van der Waals surface area contributed by atoms with Crippen LogP contribution >= 0.6 is 0 Å². The van der Waals surface area contributed by atoms with Crippen LogP contribution in [0.3, 0.4) is 0 Å². The number of rotatable bonds is 3. The second-order valence-corrected chi connectivity index (χ2v) is 4.62. The molecule has 0 bridgehead atoms. The second-order valence-electron chi connectivity index (χ2n) is 4.62. The van der Waals surface area contributed by atoms with Gasteiger partial charge in [0.25, 0.3) is 0 Å². The van der Waals surface area contributed by atoms with Gasteiger partial charge in [-0.1, -0.05) is 36.4 Å². The van der Waals surface area contributed by atoms with Crippen molar-refractivity contribution in [2.45, 2.75) is 12.0 Å². The molecular formula is C15H15FN2O. The van der Waals surface area contributed by atoms with Crippen LogP contribution in [-0.4, -0.2) is 6.61 Å². The first-order chi connectivity index (χ1) is 9.31. The van der Waals surface area contributed by atoms with E-state index in [0.717, 1.165) is 11.3 Å². The van der Waals surface area contributed by atoms with Crippen molar-refractivity contribution in [3.8, 4) is 5.75 Å². The summed E-state index contributed by atoms with van der Waals surface area (Å²) in [5, 5.41) is 0. The number of halogens is 1. The Morgan fingerprint density at radius 3 is 2.68 bits per heavy atom. The van der Waals surface area contributed by atoms with E-state index in [9.17, 15) is 4.39 Å². The quantitative estimate of drug-likeness (QED) is 0.657. The van der Waals surface area contributed by atoms with Gasteiger partial charge in [-0.05, 0) is 12.1 Å². The van der Waals surface area contributed by atoms with E-state index >= 15 is 0 Å². The maximum atomic E-state index is 13.9. The van der Waals surface area contributed by atoms with E-state index < -0.39 is 0 Å². The summed E-state index contributed by atoms with van der Waals surface area (Å²) in [6.45, 7) is 0.503. The Morgan fingerprint density at radius 2 is 1.89 bits per heavy atom. The highest BCUT2D eigenvalue weighted by Crippen LogP contribution is 2.41. The molecule has 2 aromatic carbocycles. The maximum Gasteiger partial charge on any atom is 0.128 e. The standard InChI is InChI=1S/C15H15FN2O/c16-13-7-3-1-6-11(13)15(18-17)12-9-19-14-8-4-2-5-10(12)14/h1-8,12,15,18H,9,17H2. The lowest BCUT2D eigenvalue weighted by molar-refractivity contribution is 0.298. The first-order valence-corrected chi connectivity index (χ1v) is 6.23. The van der Waals surface area contributed by atoms with E-state index in [0.29, 0.717) is 12.2 Å². The van der Waals surface area contributed by atoms with Gasteiger partial charge >= 0.3 is 0 Å². The first kappa shape index (κ1) is 12.1. The molecule has 2 unspecified atom stereocenters. The Kier molecular flexibility index (Phi) is 3.19. The Bertz CT molecular complexity index is 588. The highest BCUT2D eigenvalue weighted by molar-refractivity contribution is 5.42. The van der Waals surface area contributed by atoms with Gasteiger partial charge in [-0.3, -0.25) is 11.3 Å². The van der Waals surface area contributed by atoms with Crippen LogP contribution in [0.25, 0.3) is 0 Å². The van der Waals surface area contributed by atoms with Gasteiger partial charge in [0, 0.05) is 17.0 Å². The Balaban J connectivity index is 1.99. The molecule has 4 heteroatoms. The highest BCUT2D eigenvalue weighted by Gasteiger charge is 2.32. The number of nitrogens with two attached hydrogens (primary N) is 1. The van der Waals surface area contributed by atoms with Crippen LogP contribution in [0, 0.1) is 5.82 Å². The number of para-hydroxylation sites is 1. The van der Waals surface area contributed by atoms with Gasteiger partial charge in [-0.15, -0.1) is 0 Å². The number of hydrogen-bond donors (Lipinski definition) is 2. The molecule has 1 aliphatic heterocycles. The lowest BCUT2D eigenvalue weighted by atomic mass is 9.89.